The average Bonchev–Trinajstić information content (AvgIpc) is 3.29. The van der Waals surface area contributed by atoms with Crippen molar-refractivity contribution in [3.05, 3.63) is 29.2 Å². The monoisotopic (exact) mass is 409 g/mol. The first-order valence-corrected chi connectivity index (χ1v) is 9.71. The molecule has 3 heterocycles. The van der Waals surface area contributed by atoms with Crippen LogP contribution in [0.3, 0.4) is 0 Å². The fourth-order valence-electron chi connectivity index (χ4n) is 3.98. The minimum Gasteiger partial charge on any atom is -0.627 e. The van der Waals surface area contributed by atoms with Gasteiger partial charge in [-0.2, -0.15) is 0 Å². The Kier molecular flexibility index (Phi) is 5.43. The fraction of sp³-hybridized carbons (Fsp3) is 0.579. The lowest BCUT2D eigenvalue weighted by molar-refractivity contribution is -0.768. The molecule has 9 nitrogen and oxygen atoms in total. The van der Waals surface area contributed by atoms with Crippen LogP contribution in [0, 0.1) is 11.0 Å². The number of hydrogen-bond donors (Lipinski definition) is 1. The summed E-state index contributed by atoms with van der Waals surface area (Å²) in [5.74, 6) is -1.55. The van der Waals surface area contributed by atoms with Gasteiger partial charge in [-0.05, 0) is 18.2 Å². The Bertz CT molecular complexity index is 790. The fourth-order valence-corrected chi connectivity index (χ4v) is 3.98. The smallest absolute Gasteiger partial charge is 0.414 e. The summed E-state index contributed by atoms with van der Waals surface area (Å²) in [7, 11) is 0. The molecule has 10 heteroatoms. The predicted molar refractivity (Wildman–Crippen MR) is 100.0 cm³/mol. The molecule has 4 rings (SSSR count). The maximum atomic E-state index is 14.8. The largest absolute Gasteiger partial charge is 0.627 e. The number of quaternary nitrogens is 1. The summed E-state index contributed by atoms with van der Waals surface area (Å²) in [5, 5.41) is 11.0. The van der Waals surface area contributed by atoms with Gasteiger partial charge in [0.2, 0.25) is 0 Å². The van der Waals surface area contributed by atoms with Gasteiger partial charge in [0.25, 0.3) is 0 Å². The molecule has 0 radical (unpaired) electrons. The molecule has 1 N–H and O–H groups in total. The Hall–Kier alpha value is -2.27. The molecule has 1 aromatic rings. The summed E-state index contributed by atoms with van der Waals surface area (Å²) in [6, 6.07) is 4.58. The van der Waals surface area contributed by atoms with E-state index < -0.39 is 34.8 Å². The second-order valence-corrected chi connectivity index (χ2v) is 7.53. The number of carbonyl (C=O) groups is 2. The van der Waals surface area contributed by atoms with Gasteiger partial charge in [-0.1, -0.05) is 0 Å². The van der Waals surface area contributed by atoms with E-state index in [-0.39, 0.29) is 13.1 Å². The van der Waals surface area contributed by atoms with Crippen molar-refractivity contribution in [2.75, 3.05) is 49.2 Å². The number of rotatable bonds is 4. The second kappa shape index (κ2) is 7.86. The number of hydroxylamine groups is 2. The van der Waals surface area contributed by atoms with Gasteiger partial charge in [0, 0.05) is 25.9 Å². The molecule has 3 saturated heterocycles. The molecule has 1 unspecified atom stereocenters. The molecule has 0 bridgehead atoms. The Morgan fingerprint density at radius 1 is 1.31 bits per heavy atom. The Balaban J connectivity index is 1.41. The first-order chi connectivity index (χ1) is 13.9. The van der Waals surface area contributed by atoms with Crippen LogP contribution in [-0.4, -0.2) is 63.3 Å². The number of nitrogens with one attached hydrogen (secondary N) is 1. The minimum absolute atomic E-state index is 0.0948. The summed E-state index contributed by atoms with van der Waals surface area (Å²) in [6.45, 7) is 3.50. The van der Waals surface area contributed by atoms with Crippen molar-refractivity contribution in [1.29, 1.82) is 0 Å². The third kappa shape index (κ3) is 4.06. The first-order valence-electron chi connectivity index (χ1n) is 9.71. The third-order valence-electron chi connectivity index (χ3n) is 5.60. The van der Waals surface area contributed by atoms with Gasteiger partial charge in [-0.3, -0.25) is 4.90 Å². The number of carbonyl (C=O) groups excluding carboxylic acids is 2. The van der Waals surface area contributed by atoms with Crippen molar-refractivity contribution in [3.63, 3.8) is 0 Å². The number of benzene rings is 1. The molecule has 0 saturated carbocycles. The van der Waals surface area contributed by atoms with E-state index in [0.29, 0.717) is 50.5 Å². The second-order valence-electron chi connectivity index (χ2n) is 7.53. The van der Waals surface area contributed by atoms with Crippen LogP contribution in [0.5, 0.6) is 0 Å². The van der Waals surface area contributed by atoms with Crippen molar-refractivity contribution < 1.29 is 33.3 Å². The zero-order valence-electron chi connectivity index (χ0n) is 16.2. The highest BCUT2D eigenvalue weighted by molar-refractivity contribution is 5.90. The highest BCUT2D eigenvalue weighted by atomic mass is 19.1. The van der Waals surface area contributed by atoms with Crippen molar-refractivity contribution in [2.24, 2.45) is 0 Å². The zero-order chi connectivity index (χ0) is 20.6. The number of cyclic esters (lactones) is 1. The molecule has 158 valence electrons. The minimum atomic E-state index is -0.716. The highest BCUT2D eigenvalue weighted by Crippen LogP contribution is 2.35. The number of amides is 2. The van der Waals surface area contributed by atoms with E-state index in [2.05, 4.69) is 0 Å². The van der Waals surface area contributed by atoms with E-state index in [0.717, 1.165) is 0 Å². The Morgan fingerprint density at radius 3 is 2.62 bits per heavy atom. The molecule has 0 aromatic heterocycles. The maximum Gasteiger partial charge on any atom is 0.414 e. The molecule has 0 aliphatic carbocycles. The Labute approximate surface area is 167 Å². The third-order valence-corrected chi connectivity index (χ3v) is 5.60. The number of ether oxygens (including phenoxy) is 3. The lowest BCUT2D eigenvalue weighted by Crippen LogP contribution is -3.10. The Morgan fingerprint density at radius 2 is 2.00 bits per heavy atom. The average molecular weight is 409 g/mol. The predicted octanol–water partition coefficient (Wildman–Crippen LogP) is 0.423. The van der Waals surface area contributed by atoms with Gasteiger partial charge < -0.3 is 29.4 Å². The van der Waals surface area contributed by atoms with Crippen molar-refractivity contribution in [2.45, 2.75) is 31.7 Å². The van der Waals surface area contributed by atoms with E-state index in [1.807, 2.05) is 4.90 Å². The summed E-state index contributed by atoms with van der Waals surface area (Å²) in [4.78, 5) is 26.4. The maximum absolute atomic E-state index is 14.8. The quantitative estimate of drug-likeness (QED) is 0.721. The molecule has 3 aliphatic rings. The molecule has 2 atom stereocenters. The van der Waals surface area contributed by atoms with Crippen LogP contribution in [0.4, 0.5) is 20.6 Å². The number of hydrogen-bond acceptors (Lipinski definition) is 7. The standard InChI is InChI=1S/C19H24FN3O6/c1-13(24)23(26)12-15-11-22(18(25)29-15)14-2-3-17(16(20)10-14)21-6-4-19(5-7-21)27-8-9-28-19/h2-3,10,15,23H,4-9,11-12H2,1H3/t15-/m0/s1. The first kappa shape index (κ1) is 20.0. The highest BCUT2D eigenvalue weighted by Gasteiger charge is 2.40. The van der Waals surface area contributed by atoms with Gasteiger partial charge >= 0.3 is 12.0 Å². The zero-order valence-corrected chi connectivity index (χ0v) is 16.2. The van der Waals surface area contributed by atoms with Gasteiger partial charge in [0.05, 0.1) is 38.1 Å². The van der Waals surface area contributed by atoms with Gasteiger partial charge in [0.15, 0.2) is 11.9 Å². The van der Waals surface area contributed by atoms with Crippen molar-refractivity contribution in [3.8, 4) is 0 Å². The van der Waals surface area contributed by atoms with Crippen LogP contribution in [0.25, 0.3) is 0 Å². The molecule has 3 aliphatic heterocycles. The van der Waals surface area contributed by atoms with Crippen LogP contribution in [0.15, 0.2) is 18.2 Å². The van der Waals surface area contributed by atoms with Crippen molar-refractivity contribution in [1.82, 2.24) is 0 Å². The molecule has 2 amide bonds. The van der Waals surface area contributed by atoms with Crippen LogP contribution in [0.1, 0.15) is 19.8 Å². The van der Waals surface area contributed by atoms with E-state index >= 15 is 0 Å². The topological polar surface area (TPSA) is 95.8 Å². The van der Waals surface area contributed by atoms with E-state index in [1.54, 1.807) is 12.1 Å². The number of nitrogens with zero attached hydrogens (tertiary/aromatic N) is 2. The van der Waals surface area contributed by atoms with Crippen LogP contribution in [-0.2, 0) is 19.0 Å². The van der Waals surface area contributed by atoms with Crippen LogP contribution < -0.4 is 14.9 Å². The number of halogens is 1. The number of piperidine rings is 1. The molecule has 1 spiro atoms. The van der Waals surface area contributed by atoms with Gasteiger partial charge in [-0.25, -0.2) is 14.0 Å². The van der Waals surface area contributed by atoms with Gasteiger partial charge in [0.1, 0.15) is 12.4 Å². The van der Waals surface area contributed by atoms with E-state index in [1.165, 1.54) is 17.9 Å². The summed E-state index contributed by atoms with van der Waals surface area (Å²) >= 11 is 0. The molecule has 1 aromatic carbocycles. The molecule has 29 heavy (non-hydrogen) atoms. The lowest BCUT2D eigenvalue weighted by Gasteiger charge is -2.38. The van der Waals surface area contributed by atoms with E-state index in [9.17, 15) is 19.2 Å². The van der Waals surface area contributed by atoms with E-state index in [4.69, 9.17) is 14.2 Å². The lowest BCUT2D eigenvalue weighted by atomic mass is 10.0. The summed E-state index contributed by atoms with van der Waals surface area (Å²) in [5.41, 5.74) is 0.808. The van der Waals surface area contributed by atoms with Crippen LogP contribution >= 0.6 is 0 Å². The normalized spacial score (nSPS) is 24.8. The molecular formula is C19H24FN3O6. The molecular weight excluding hydrogens is 385 g/mol. The van der Waals surface area contributed by atoms with Gasteiger partial charge in [-0.15, -0.1) is 0 Å². The van der Waals surface area contributed by atoms with Crippen LogP contribution in [0.2, 0.25) is 0 Å². The summed E-state index contributed by atoms with van der Waals surface area (Å²) in [6.07, 6.45) is -0.0444. The molecule has 3 fully saturated rings. The van der Waals surface area contributed by atoms with Crippen molar-refractivity contribution >= 4 is 23.4 Å². The SMILES string of the molecule is CC(=O)[NH+]([O-])C[C@@H]1CN(c2ccc(N3CCC4(CC3)OCCO4)c(F)c2)C(=O)O1. The number of anilines is 2. The summed E-state index contributed by atoms with van der Waals surface area (Å²) < 4.78 is 31.4.